The highest BCUT2D eigenvalue weighted by Crippen LogP contribution is 2.20. The smallest absolute Gasteiger partial charge is 0.261 e. The monoisotopic (exact) mass is 374 g/mol. The third kappa shape index (κ3) is 5.56. The second-order valence-corrected chi connectivity index (χ2v) is 7.55. The molecular weight excluding hydrogens is 348 g/mol. The van der Waals surface area contributed by atoms with Gasteiger partial charge in [-0.05, 0) is 48.6 Å². The number of aryl methyl sites for hydroxylation is 2. The summed E-state index contributed by atoms with van der Waals surface area (Å²) in [6.45, 7) is 9.55. The number of carbonyl (C=O) groups excluding carboxylic acids is 1. The molecule has 0 saturated carbocycles. The molecule has 0 unspecified atom stereocenters. The van der Waals surface area contributed by atoms with Gasteiger partial charge in [-0.15, -0.1) is 11.3 Å². The van der Waals surface area contributed by atoms with Crippen LogP contribution in [0.5, 0.6) is 5.75 Å². The zero-order chi connectivity index (χ0) is 18.4. The molecule has 1 aromatic heterocycles. The van der Waals surface area contributed by atoms with E-state index in [1.165, 1.54) is 22.5 Å². The summed E-state index contributed by atoms with van der Waals surface area (Å²) in [4.78, 5) is 15.3. The summed E-state index contributed by atoms with van der Waals surface area (Å²) in [6.07, 6.45) is 0. The van der Waals surface area contributed by atoms with Crippen molar-refractivity contribution in [2.24, 2.45) is 0 Å². The number of amides is 1. The van der Waals surface area contributed by atoms with Crippen LogP contribution in [-0.2, 0) is 11.3 Å². The maximum Gasteiger partial charge on any atom is 0.261 e. The van der Waals surface area contributed by atoms with E-state index in [4.69, 9.17) is 9.47 Å². The summed E-state index contributed by atoms with van der Waals surface area (Å²) in [5.74, 6) is 0.853. The SMILES string of the molecule is Cc1cc(C)cc(OCc2csc(C(=O)NCCN3CCOCC3)c2)c1. The predicted octanol–water partition coefficient (Wildman–Crippen LogP) is 3.01. The van der Waals surface area contributed by atoms with Crippen molar-refractivity contribution in [1.29, 1.82) is 0 Å². The number of nitrogens with one attached hydrogen (secondary N) is 1. The molecule has 2 aromatic rings. The molecular formula is C20H26N2O3S. The van der Waals surface area contributed by atoms with E-state index in [0.717, 1.165) is 49.0 Å². The van der Waals surface area contributed by atoms with Gasteiger partial charge in [0.1, 0.15) is 12.4 Å². The fourth-order valence-corrected chi connectivity index (χ4v) is 3.81. The molecule has 1 aliphatic rings. The maximum absolute atomic E-state index is 12.3. The van der Waals surface area contributed by atoms with Crippen LogP contribution in [0.25, 0.3) is 0 Å². The number of morpholine rings is 1. The zero-order valence-electron chi connectivity index (χ0n) is 15.4. The Balaban J connectivity index is 1.45. The van der Waals surface area contributed by atoms with Crippen LogP contribution in [0.1, 0.15) is 26.4 Å². The minimum absolute atomic E-state index is 0.0130. The summed E-state index contributed by atoms with van der Waals surface area (Å²) in [6, 6.07) is 8.09. The number of ether oxygens (including phenoxy) is 2. The number of benzene rings is 1. The highest BCUT2D eigenvalue weighted by Gasteiger charge is 2.12. The molecule has 6 heteroatoms. The molecule has 1 fully saturated rings. The average Bonchev–Trinajstić information content (AvgIpc) is 3.09. The van der Waals surface area contributed by atoms with Crippen LogP contribution in [-0.4, -0.2) is 50.2 Å². The van der Waals surface area contributed by atoms with Gasteiger partial charge in [0.15, 0.2) is 0 Å². The van der Waals surface area contributed by atoms with Gasteiger partial charge in [0.25, 0.3) is 5.91 Å². The Bertz CT molecular complexity index is 718. The second-order valence-electron chi connectivity index (χ2n) is 6.64. The lowest BCUT2D eigenvalue weighted by molar-refractivity contribution is 0.0383. The topological polar surface area (TPSA) is 50.8 Å². The Hall–Kier alpha value is -1.89. The van der Waals surface area contributed by atoms with Crippen LogP contribution in [0.15, 0.2) is 29.6 Å². The lowest BCUT2D eigenvalue weighted by Gasteiger charge is -2.26. The van der Waals surface area contributed by atoms with Crippen molar-refractivity contribution in [3.05, 3.63) is 51.2 Å². The van der Waals surface area contributed by atoms with Crippen LogP contribution in [0, 0.1) is 13.8 Å². The van der Waals surface area contributed by atoms with Crippen molar-refractivity contribution < 1.29 is 14.3 Å². The van der Waals surface area contributed by atoms with Crippen molar-refractivity contribution in [1.82, 2.24) is 10.2 Å². The van der Waals surface area contributed by atoms with E-state index in [-0.39, 0.29) is 5.91 Å². The van der Waals surface area contributed by atoms with Gasteiger partial charge in [-0.3, -0.25) is 9.69 Å². The Labute approximate surface area is 158 Å². The van der Waals surface area contributed by atoms with Gasteiger partial charge in [-0.1, -0.05) is 6.07 Å². The Morgan fingerprint density at radius 2 is 1.92 bits per heavy atom. The van der Waals surface area contributed by atoms with Gasteiger partial charge in [0, 0.05) is 31.7 Å². The van der Waals surface area contributed by atoms with Crippen LogP contribution in [0.2, 0.25) is 0 Å². The van der Waals surface area contributed by atoms with Gasteiger partial charge < -0.3 is 14.8 Å². The fraction of sp³-hybridized carbons (Fsp3) is 0.450. The van der Waals surface area contributed by atoms with Crippen molar-refractivity contribution in [2.75, 3.05) is 39.4 Å². The average molecular weight is 375 g/mol. The summed E-state index contributed by atoms with van der Waals surface area (Å²) in [5.41, 5.74) is 3.39. The first-order valence-corrected chi connectivity index (χ1v) is 9.85. The first-order chi connectivity index (χ1) is 12.6. The van der Waals surface area contributed by atoms with E-state index in [1.54, 1.807) is 0 Å². The summed E-state index contributed by atoms with van der Waals surface area (Å²) in [7, 11) is 0. The third-order valence-corrected chi connectivity index (χ3v) is 5.27. The molecule has 0 atom stereocenters. The van der Waals surface area contributed by atoms with Gasteiger partial charge >= 0.3 is 0 Å². The van der Waals surface area contributed by atoms with Crippen molar-refractivity contribution in [2.45, 2.75) is 20.5 Å². The van der Waals surface area contributed by atoms with Crippen LogP contribution in [0.3, 0.4) is 0 Å². The minimum atomic E-state index is -0.0130. The molecule has 1 aliphatic heterocycles. The minimum Gasteiger partial charge on any atom is -0.489 e. The summed E-state index contributed by atoms with van der Waals surface area (Å²) >= 11 is 1.46. The fourth-order valence-electron chi connectivity index (χ4n) is 2.99. The highest BCUT2D eigenvalue weighted by molar-refractivity contribution is 7.12. The van der Waals surface area contributed by atoms with E-state index in [2.05, 4.69) is 30.1 Å². The summed E-state index contributed by atoms with van der Waals surface area (Å²) in [5, 5.41) is 4.98. The number of hydrogen-bond acceptors (Lipinski definition) is 5. The number of thiophene rings is 1. The molecule has 2 heterocycles. The molecule has 0 aliphatic carbocycles. The van der Waals surface area contributed by atoms with Crippen molar-refractivity contribution >= 4 is 17.2 Å². The number of hydrogen-bond donors (Lipinski definition) is 1. The second kappa shape index (κ2) is 9.16. The lowest BCUT2D eigenvalue weighted by Crippen LogP contribution is -2.41. The number of rotatable bonds is 7. The maximum atomic E-state index is 12.3. The molecule has 3 rings (SSSR count). The van der Waals surface area contributed by atoms with Gasteiger partial charge in [-0.25, -0.2) is 0 Å². The van der Waals surface area contributed by atoms with Crippen molar-refractivity contribution in [3.8, 4) is 5.75 Å². The number of carbonyl (C=O) groups is 1. The molecule has 1 aromatic carbocycles. The Morgan fingerprint density at radius 1 is 1.19 bits per heavy atom. The molecule has 26 heavy (non-hydrogen) atoms. The van der Waals surface area contributed by atoms with E-state index in [9.17, 15) is 4.79 Å². The molecule has 5 nitrogen and oxygen atoms in total. The third-order valence-electron chi connectivity index (χ3n) is 4.30. The predicted molar refractivity (Wildman–Crippen MR) is 104 cm³/mol. The van der Waals surface area contributed by atoms with Crippen LogP contribution in [0.4, 0.5) is 0 Å². The van der Waals surface area contributed by atoms with Crippen LogP contribution >= 0.6 is 11.3 Å². The lowest BCUT2D eigenvalue weighted by atomic mass is 10.1. The molecule has 0 bridgehead atoms. The number of nitrogens with zero attached hydrogens (tertiary/aromatic N) is 1. The Kier molecular flexibility index (Phi) is 6.66. The molecule has 1 amide bonds. The standard InChI is InChI=1S/C20H26N2O3S/c1-15-9-16(2)11-18(10-15)25-13-17-12-19(26-14-17)20(23)21-3-4-22-5-7-24-8-6-22/h9-12,14H,3-8,13H2,1-2H3,(H,21,23). The quantitative estimate of drug-likeness (QED) is 0.809. The van der Waals surface area contributed by atoms with E-state index >= 15 is 0 Å². The molecule has 0 radical (unpaired) electrons. The van der Waals surface area contributed by atoms with Gasteiger partial charge in [0.2, 0.25) is 0 Å². The van der Waals surface area contributed by atoms with Gasteiger partial charge in [0.05, 0.1) is 18.1 Å². The van der Waals surface area contributed by atoms with E-state index < -0.39 is 0 Å². The highest BCUT2D eigenvalue weighted by atomic mass is 32.1. The normalized spacial score (nSPS) is 15.0. The Morgan fingerprint density at radius 3 is 2.65 bits per heavy atom. The molecule has 0 spiro atoms. The van der Waals surface area contributed by atoms with Gasteiger partial charge in [-0.2, -0.15) is 0 Å². The first kappa shape index (κ1) is 18.9. The van der Waals surface area contributed by atoms with E-state index in [1.807, 2.05) is 23.6 Å². The first-order valence-electron chi connectivity index (χ1n) is 8.97. The summed E-state index contributed by atoms with van der Waals surface area (Å²) < 4.78 is 11.2. The zero-order valence-corrected chi connectivity index (χ0v) is 16.2. The van der Waals surface area contributed by atoms with E-state index in [0.29, 0.717) is 13.2 Å². The molecule has 1 saturated heterocycles. The largest absolute Gasteiger partial charge is 0.489 e. The molecule has 1 N–H and O–H groups in total. The molecule has 140 valence electrons. The van der Waals surface area contributed by atoms with Crippen molar-refractivity contribution in [3.63, 3.8) is 0 Å². The van der Waals surface area contributed by atoms with Crippen LogP contribution < -0.4 is 10.1 Å².